The first kappa shape index (κ1) is 13.9. The van der Waals surface area contributed by atoms with Crippen molar-refractivity contribution < 1.29 is 9.90 Å². The lowest BCUT2D eigenvalue weighted by atomic mass is 10.1. The number of imidazole rings is 1. The van der Waals surface area contributed by atoms with Crippen LogP contribution in [0.2, 0.25) is 0 Å². The Kier molecular flexibility index (Phi) is 4.14. The quantitative estimate of drug-likeness (QED) is 0.913. The third-order valence-electron chi connectivity index (χ3n) is 2.99. The number of aryl methyl sites for hydroxylation is 1. The molecule has 0 amide bonds. The van der Waals surface area contributed by atoms with Crippen LogP contribution in [0.25, 0.3) is 5.65 Å². The number of rotatable bonds is 5. The number of carbonyl (C=O) groups is 1. The van der Waals surface area contributed by atoms with Gasteiger partial charge in [0.2, 0.25) is 0 Å². The van der Waals surface area contributed by atoms with Gasteiger partial charge in [-0.15, -0.1) is 11.8 Å². The van der Waals surface area contributed by atoms with E-state index in [-0.39, 0.29) is 11.2 Å². The van der Waals surface area contributed by atoms with E-state index >= 15 is 0 Å². The highest BCUT2D eigenvalue weighted by Gasteiger charge is 2.22. The molecule has 0 spiro atoms. The van der Waals surface area contributed by atoms with Gasteiger partial charge in [0, 0.05) is 18.1 Å². The van der Waals surface area contributed by atoms with E-state index in [4.69, 9.17) is 5.11 Å². The van der Waals surface area contributed by atoms with Crippen molar-refractivity contribution >= 4 is 23.4 Å². The summed E-state index contributed by atoms with van der Waals surface area (Å²) in [6.45, 7) is 5.88. The third-order valence-corrected chi connectivity index (χ3v) is 4.55. The Morgan fingerprint density at radius 1 is 1.53 bits per heavy atom. The van der Waals surface area contributed by atoms with E-state index in [0.29, 0.717) is 5.75 Å². The van der Waals surface area contributed by atoms with Crippen LogP contribution in [0.15, 0.2) is 24.5 Å². The molecule has 2 rings (SSSR count). The fraction of sp³-hybridized carbons (Fsp3) is 0.429. The Hall–Kier alpha value is -1.49. The zero-order valence-corrected chi connectivity index (χ0v) is 12.1. The van der Waals surface area contributed by atoms with Crippen LogP contribution < -0.4 is 0 Å². The van der Waals surface area contributed by atoms with E-state index in [1.165, 1.54) is 11.8 Å². The molecule has 0 bridgehead atoms. The Balaban J connectivity index is 2.13. The van der Waals surface area contributed by atoms with Gasteiger partial charge in [0.1, 0.15) is 10.9 Å². The van der Waals surface area contributed by atoms with Gasteiger partial charge in [-0.3, -0.25) is 4.79 Å². The molecule has 2 heterocycles. The van der Waals surface area contributed by atoms with Crippen molar-refractivity contribution in [2.75, 3.05) is 0 Å². The molecular formula is C14H18N2O2S. The molecule has 1 N–H and O–H groups in total. The summed E-state index contributed by atoms with van der Waals surface area (Å²) in [7, 11) is 0. The standard InChI is InChI=1S/C14H18N2O2S/c1-9(2)12(14(17)18)19-8-11-7-16-6-4-5-10(3)13(16)15-11/h4-7,9,12H,8H2,1-3H3,(H,17,18). The van der Waals surface area contributed by atoms with E-state index < -0.39 is 5.97 Å². The van der Waals surface area contributed by atoms with E-state index in [1.54, 1.807) is 0 Å². The van der Waals surface area contributed by atoms with E-state index in [2.05, 4.69) is 4.98 Å². The average Bonchev–Trinajstić information content (AvgIpc) is 2.72. The minimum absolute atomic E-state index is 0.112. The number of aromatic nitrogens is 2. The number of hydrogen-bond donors (Lipinski definition) is 1. The minimum atomic E-state index is -0.750. The van der Waals surface area contributed by atoms with E-state index in [0.717, 1.165) is 16.9 Å². The highest BCUT2D eigenvalue weighted by atomic mass is 32.2. The van der Waals surface area contributed by atoms with Crippen LogP contribution in [0, 0.1) is 12.8 Å². The summed E-state index contributed by atoms with van der Waals surface area (Å²) in [6.07, 6.45) is 3.93. The van der Waals surface area contributed by atoms with Gasteiger partial charge in [0.15, 0.2) is 0 Å². The van der Waals surface area contributed by atoms with Crippen molar-refractivity contribution in [1.82, 2.24) is 9.38 Å². The second kappa shape index (κ2) is 5.65. The van der Waals surface area contributed by atoms with Crippen molar-refractivity contribution in [3.63, 3.8) is 0 Å². The molecule has 4 nitrogen and oxygen atoms in total. The normalized spacial score (nSPS) is 13.1. The maximum Gasteiger partial charge on any atom is 0.316 e. The van der Waals surface area contributed by atoms with Gasteiger partial charge >= 0.3 is 5.97 Å². The Labute approximate surface area is 116 Å². The topological polar surface area (TPSA) is 54.6 Å². The lowest BCUT2D eigenvalue weighted by Gasteiger charge is -2.14. The number of nitrogens with zero attached hydrogens (tertiary/aromatic N) is 2. The Morgan fingerprint density at radius 3 is 2.84 bits per heavy atom. The lowest BCUT2D eigenvalue weighted by Crippen LogP contribution is -2.22. The summed E-state index contributed by atoms with van der Waals surface area (Å²) in [5.74, 6) is -0.0165. The molecule has 0 aliphatic carbocycles. The largest absolute Gasteiger partial charge is 0.480 e. The van der Waals surface area contributed by atoms with Gasteiger partial charge in [-0.25, -0.2) is 4.98 Å². The maximum absolute atomic E-state index is 11.1. The smallest absolute Gasteiger partial charge is 0.316 e. The maximum atomic E-state index is 11.1. The third kappa shape index (κ3) is 3.10. The number of hydrogen-bond acceptors (Lipinski definition) is 3. The van der Waals surface area contributed by atoms with Gasteiger partial charge in [-0.2, -0.15) is 0 Å². The Morgan fingerprint density at radius 2 is 2.26 bits per heavy atom. The van der Waals surface area contributed by atoms with Crippen LogP contribution in [0.3, 0.4) is 0 Å². The van der Waals surface area contributed by atoms with Crippen LogP contribution in [-0.2, 0) is 10.5 Å². The molecule has 102 valence electrons. The van der Waals surface area contributed by atoms with Crippen LogP contribution in [0.1, 0.15) is 25.1 Å². The monoisotopic (exact) mass is 278 g/mol. The van der Waals surface area contributed by atoms with Gasteiger partial charge in [0.05, 0.1) is 5.69 Å². The Bertz CT molecular complexity index is 592. The minimum Gasteiger partial charge on any atom is -0.480 e. The van der Waals surface area contributed by atoms with Crippen molar-refractivity contribution in [2.45, 2.75) is 31.8 Å². The fourth-order valence-electron chi connectivity index (χ4n) is 2.00. The number of aliphatic carboxylic acids is 1. The van der Waals surface area contributed by atoms with Gasteiger partial charge in [0.25, 0.3) is 0 Å². The summed E-state index contributed by atoms with van der Waals surface area (Å²) in [4.78, 5) is 15.7. The lowest BCUT2D eigenvalue weighted by molar-refractivity contribution is -0.137. The second-order valence-electron chi connectivity index (χ2n) is 4.97. The molecule has 0 saturated heterocycles. The molecule has 1 atom stereocenters. The van der Waals surface area contributed by atoms with Crippen LogP contribution in [0.5, 0.6) is 0 Å². The summed E-state index contributed by atoms with van der Waals surface area (Å²) >= 11 is 1.44. The molecule has 0 fully saturated rings. The number of fused-ring (bicyclic) bond motifs is 1. The summed E-state index contributed by atoms with van der Waals surface area (Å²) in [6, 6.07) is 4.00. The molecule has 2 aromatic rings. The van der Waals surface area contributed by atoms with Crippen molar-refractivity contribution in [3.05, 3.63) is 35.8 Å². The molecule has 5 heteroatoms. The van der Waals surface area contributed by atoms with E-state index in [9.17, 15) is 4.79 Å². The number of thioether (sulfide) groups is 1. The van der Waals surface area contributed by atoms with Gasteiger partial charge < -0.3 is 9.51 Å². The average molecular weight is 278 g/mol. The summed E-state index contributed by atoms with van der Waals surface area (Å²) in [5, 5.41) is 8.78. The first-order chi connectivity index (χ1) is 8.99. The van der Waals surface area contributed by atoms with Gasteiger partial charge in [-0.05, 0) is 24.5 Å². The summed E-state index contributed by atoms with van der Waals surface area (Å²) in [5.41, 5.74) is 2.98. The molecule has 2 aromatic heterocycles. The second-order valence-corrected chi connectivity index (χ2v) is 6.10. The predicted molar refractivity (Wildman–Crippen MR) is 77.5 cm³/mol. The molecule has 0 aromatic carbocycles. The first-order valence-corrected chi connectivity index (χ1v) is 7.31. The number of carboxylic acids is 1. The zero-order chi connectivity index (χ0) is 14.0. The fourth-order valence-corrected chi connectivity index (χ4v) is 3.01. The van der Waals surface area contributed by atoms with Crippen LogP contribution in [0.4, 0.5) is 0 Å². The van der Waals surface area contributed by atoms with Crippen molar-refractivity contribution in [3.8, 4) is 0 Å². The highest BCUT2D eigenvalue weighted by molar-refractivity contribution is 7.99. The molecule has 0 radical (unpaired) electrons. The summed E-state index contributed by atoms with van der Waals surface area (Å²) < 4.78 is 1.98. The molecule has 19 heavy (non-hydrogen) atoms. The van der Waals surface area contributed by atoms with Crippen LogP contribution >= 0.6 is 11.8 Å². The molecule has 0 aliphatic rings. The zero-order valence-electron chi connectivity index (χ0n) is 11.3. The highest BCUT2D eigenvalue weighted by Crippen LogP contribution is 2.24. The molecular weight excluding hydrogens is 260 g/mol. The SMILES string of the molecule is Cc1cccn2cc(CSC(C(=O)O)C(C)C)nc12. The molecule has 0 saturated carbocycles. The van der Waals surface area contributed by atoms with Crippen molar-refractivity contribution in [1.29, 1.82) is 0 Å². The molecule has 0 aliphatic heterocycles. The first-order valence-electron chi connectivity index (χ1n) is 6.26. The van der Waals surface area contributed by atoms with Crippen molar-refractivity contribution in [2.24, 2.45) is 5.92 Å². The van der Waals surface area contributed by atoms with Crippen LogP contribution in [-0.4, -0.2) is 25.7 Å². The number of pyridine rings is 1. The molecule has 1 unspecified atom stereocenters. The predicted octanol–water partition coefficient (Wildman–Crippen LogP) is 2.99. The van der Waals surface area contributed by atoms with E-state index in [1.807, 2.05) is 49.7 Å². The van der Waals surface area contributed by atoms with Gasteiger partial charge in [-0.1, -0.05) is 19.9 Å². The number of carboxylic acid groups (broad SMARTS) is 1.